The zero-order valence-corrected chi connectivity index (χ0v) is 16.2. The fourth-order valence-electron chi connectivity index (χ4n) is 0.627. The van der Waals surface area contributed by atoms with Crippen LogP contribution in [0.15, 0.2) is 42.5 Å². The molecule has 0 saturated carbocycles. The fourth-order valence-corrected chi connectivity index (χ4v) is 7.57. The van der Waals surface area contributed by atoms with Crippen LogP contribution in [0, 0.1) is 0 Å². The summed E-state index contributed by atoms with van der Waals surface area (Å²) in [5.74, 6) is -0.935. The summed E-state index contributed by atoms with van der Waals surface area (Å²) < 4.78 is 1.36. The van der Waals surface area contributed by atoms with E-state index in [2.05, 4.69) is 56.8 Å². The second-order valence-corrected chi connectivity index (χ2v) is 52.8. The molecule has 88 valence electrons. The van der Waals surface area contributed by atoms with Crippen LogP contribution in [0.4, 0.5) is 0 Å². The molecule has 0 aliphatic rings. The van der Waals surface area contributed by atoms with Gasteiger partial charge >= 0.3 is 89.7 Å². The van der Waals surface area contributed by atoms with Crippen LogP contribution in [-0.4, -0.2) is 22.8 Å². The average Bonchev–Trinajstić information content (AvgIpc) is 2.18. The SMILES string of the molecule is C=C(C)C(=O)O.[Br][Sn]([Br])([Br])[c]1ccccc1. The number of carboxylic acid groups (broad SMARTS) is 1. The van der Waals surface area contributed by atoms with Crippen molar-refractivity contribution in [1.29, 1.82) is 0 Å². The van der Waals surface area contributed by atoms with Gasteiger partial charge in [-0.15, -0.1) is 0 Å². The maximum absolute atomic E-state index is 9.60. The molecule has 0 aromatic heterocycles. The van der Waals surface area contributed by atoms with Crippen LogP contribution in [0.1, 0.15) is 6.92 Å². The Morgan fingerprint density at radius 2 is 1.62 bits per heavy atom. The Hall–Kier alpha value is 0.669. The van der Waals surface area contributed by atoms with Gasteiger partial charge in [-0.3, -0.25) is 0 Å². The summed E-state index contributed by atoms with van der Waals surface area (Å²) >= 11 is 8.62. The molecule has 0 fully saturated rings. The van der Waals surface area contributed by atoms with Gasteiger partial charge in [0.1, 0.15) is 0 Å². The molecule has 1 N–H and O–H groups in total. The molecule has 0 bridgehead atoms. The second kappa shape index (κ2) is 7.89. The van der Waals surface area contributed by atoms with Gasteiger partial charge in [0.05, 0.1) is 0 Å². The van der Waals surface area contributed by atoms with Crippen molar-refractivity contribution in [2.24, 2.45) is 0 Å². The Balaban J connectivity index is 0.000000325. The summed E-state index contributed by atoms with van der Waals surface area (Å²) in [6.45, 7) is 4.60. The predicted octanol–water partition coefficient (Wildman–Crippen LogP) is 3.66. The molecule has 0 amide bonds. The monoisotopic (exact) mass is 520 g/mol. The van der Waals surface area contributed by atoms with Crippen molar-refractivity contribution >= 4 is 59.4 Å². The summed E-state index contributed by atoms with van der Waals surface area (Å²) in [7, 11) is 0. The molecule has 0 aliphatic carbocycles. The topological polar surface area (TPSA) is 37.3 Å². The van der Waals surface area contributed by atoms with Crippen LogP contribution in [0.5, 0.6) is 0 Å². The summed E-state index contributed by atoms with van der Waals surface area (Å²) in [6.07, 6.45) is 0. The van der Waals surface area contributed by atoms with E-state index in [0.717, 1.165) is 0 Å². The van der Waals surface area contributed by atoms with E-state index in [1.807, 2.05) is 18.2 Å². The number of rotatable bonds is 2. The Kier molecular flexibility index (Phi) is 8.22. The number of hydrogen-bond donors (Lipinski definition) is 1. The standard InChI is InChI=1S/C6H5.C4H6O2.3BrH.Sn/c1-2-4-6-5-3-1;1-3(2)4(5)6;;;;/h1-5H;1H2,2H3,(H,5,6);3*1H;/q;;;;;+3/p-3. The van der Waals surface area contributed by atoms with Gasteiger partial charge in [-0.25, -0.2) is 4.79 Å². The Labute approximate surface area is 117 Å². The van der Waals surface area contributed by atoms with Gasteiger partial charge in [-0.1, -0.05) is 6.58 Å². The molecule has 0 unspecified atom stereocenters. The first-order valence-electron chi connectivity index (χ1n) is 4.26. The van der Waals surface area contributed by atoms with Crippen molar-refractivity contribution < 1.29 is 9.90 Å². The third-order valence-corrected chi connectivity index (χ3v) is 13.5. The summed E-state index contributed by atoms with van der Waals surface area (Å²) in [4.78, 5) is 9.60. The van der Waals surface area contributed by atoms with E-state index in [9.17, 15) is 4.79 Å². The van der Waals surface area contributed by atoms with Gasteiger partial charge in [-0.2, -0.15) is 0 Å². The molecule has 16 heavy (non-hydrogen) atoms. The quantitative estimate of drug-likeness (QED) is 0.477. The Morgan fingerprint density at radius 1 is 1.25 bits per heavy atom. The third kappa shape index (κ3) is 7.86. The van der Waals surface area contributed by atoms with Crippen molar-refractivity contribution in [3.05, 3.63) is 42.5 Å². The van der Waals surface area contributed by atoms with Crippen LogP contribution >= 0.6 is 38.1 Å². The molecule has 2 nitrogen and oxygen atoms in total. The molecule has 0 saturated heterocycles. The second-order valence-electron chi connectivity index (χ2n) is 2.95. The fraction of sp³-hybridized carbons (Fsp3) is 0.100. The van der Waals surface area contributed by atoms with Crippen LogP contribution in [0.3, 0.4) is 0 Å². The predicted molar refractivity (Wildman–Crippen MR) is 81.1 cm³/mol. The molecule has 1 aromatic carbocycles. The van der Waals surface area contributed by atoms with Crippen molar-refractivity contribution in [2.75, 3.05) is 0 Å². The van der Waals surface area contributed by atoms with Gasteiger partial charge in [0, 0.05) is 5.57 Å². The van der Waals surface area contributed by atoms with Gasteiger partial charge < -0.3 is 5.11 Å². The minimum atomic E-state index is -2.27. The number of halogens is 3. The normalized spacial score (nSPS) is 10.0. The third-order valence-electron chi connectivity index (χ3n) is 1.47. The Bertz CT molecular complexity index is 348. The molecule has 1 rings (SSSR count). The van der Waals surface area contributed by atoms with Crippen molar-refractivity contribution in [1.82, 2.24) is 0 Å². The molecule has 0 aliphatic heterocycles. The number of hydrogen-bond acceptors (Lipinski definition) is 1. The van der Waals surface area contributed by atoms with Crippen molar-refractivity contribution in [3.63, 3.8) is 0 Å². The number of benzene rings is 1. The summed E-state index contributed by atoms with van der Waals surface area (Å²) in [5.41, 5.74) is 0.176. The van der Waals surface area contributed by atoms with Gasteiger partial charge in [-0.05, 0) is 6.92 Å². The van der Waals surface area contributed by atoms with Crippen LogP contribution in [0.2, 0.25) is 0 Å². The Morgan fingerprint density at radius 3 is 1.81 bits per heavy atom. The van der Waals surface area contributed by atoms with E-state index in [0.29, 0.717) is 0 Å². The average molecular weight is 522 g/mol. The number of carboxylic acids is 1. The van der Waals surface area contributed by atoms with Gasteiger partial charge in [0.2, 0.25) is 0 Å². The maximum atomic E-state index is 9.60. The van der Waals surface area contributed by atoms with Crippen molar-refractivity contribution in [2.45, 2.75) is 6.92 Å². The van der Waals surface area contributed by atoms with Crippen LogP contribution < -0.4 is 3.58 Å². The molecule has 0 spiro atoms. The zero-order chi connectivity index (χ0) is 12.8. The van der Waals surface area contributed by atoms with Crippen LogP contribution in [0.25, 0.3) is 0 Å². The molecule has 6 heteroatoms. The van der Waals surface area contributed by atoms with Gasteiger partial charge in [0.15, 0.2) is 0 Å². The number of aliphatic carboxylic acids is 1. The summed E-state index contributed by atoms with van der Waals surface area (Å²) in [5, 5.41) is 7.89. The molecule has 0 heterocycles. The molecule has 1 aromatic rings. The molecule has 0 atom stereocenters. The van der Waals surface area contributed by atoms with E-state index in [4.69, 9.17) is 5.11 Å². The molecular formula is C10H11Br3O2Sn. The molecular weight excluding hydrogens is 511 g/mol. The van der Waals surface area contributed by atoms with E-state index in [1.54, 1.807) is 0 Å². The van der Waals surface area contributed by atoms with E-state index in [-0.39, 0.29) is 5.57 Å². The first-order valence-corrected chi connectivity index (χ1v) is 24.9. The first kappa shape index (κ1) is 16.7. The van der Waals surface area contributed by atoms with E-state index < -0.39 is 17.7 Å². The zero-order valence-electron chi connectivity index (χ0n) is 8.58. The van der Waals surface area contributed by atoms with E-state index >= 15 is 0 Å². The van der Waals surface area contributed by atoms with Crippen molar-refractivity contribution in [3.8, 4) is 0 Å². The van der Waals surface area contributed by atoms with E-state index in [1.165, 1.54) is 10.5 Å². The van der Waals surface area contributed by atoms with Gasteiger partial charge in [0.25, 0.3) is 0 Å². The minimum absolute atomic E-state index is 0.176. The van der Waals surface area contributed by atoms with Crippen LogP contribution in [-0.2, 0) is 4.79 Å². The summed E-state index contributed by atoms with van der Waals surface area (Å²) in [6, 6.07) is 10.4. The molecule has 0 radical (unpaired) electrons. The number of carbonyl (C=O) groups is 1. The first-order chi connectivity index (χ1) is 7.25.